The van der Waals surface area contributed by atoms with Crippen LogP contribution < -0.4 is 5.32 Å². The Labute approximate surface area is 85.9 Å². The van der Waals surface area contributed by atoms with Gasteiger partial charge in [0.25, 0.3) is 0 Å². The van der Waals surface area contributed by atoms with Crippen molar-refractivity contribution >= 4 is 17.5 Å². The molecule has 3 heteroatoms. The fourth-order valence-corrected chi connectivity index (χ4v) is 2.44. The lowest BCUT2D eigenvalue weighted by Gasteiger charge is -2.15. The molecule has 0 bridgehead atoms. The summed E-state index contributed by atoms with van der Waals surface area (Å²) in [6, 6.07) is 0. The topological polar surface area (TPSA) is 29.1 Å². The number of rotatable bonds is 7. The summed E-state index contributed by atoms with van der Waals surface area (Å²) >= 11 is 1.77. The van der Waals surface area contributed by atoms with E-state index in [0.29, 0.717) is 11.7 Å². The van der Waals surface area contributed by atoms with Gasteiger partial charge in [0, 0.05) is 12.3 Å². The zero-order valence-electron chi connectivity index (χ0n) is 9.09. The highest BCUT2D eigenvalue weighted by Gasteiger charge is 2.15. The first kappa shape index (κ1) is 13.0. The van der Waals surface area contributed by atoms with Gasteiger partial charge in [-0.3, -0.25) is 4.79 Å². The normalized spacial score (nSPS) is 13.3. The van der Waals surface area contributed by atoms with Gasteiger partial charge in [-0.05, 0) is 26.3 Å². The average molecular weight is 203 g/mol. The van der Waals surface area contributed by atoms with Crippen LogP contribution in [-0.2, 0) is 4.79 Å². The first-order valence-electron chi connectivity index (χ1n) is 4.84. The Morgan fingerprint density at radius 1 is 1.46 bits per heavy atom. The molecular formula is C10H21NOS. The summed E-state index contributed by atoms with van der Waals surface area (Å²) in [5, 5.41) is 3.29. The molecule has 1 N–H and O–H groups in total. The van der Waals surface area contributed by atoms with E-state index < -0.39 is 0 Å². The second-order valence-corrected chi connectivity index (χ2v) is 5.01. The van der Waals surface area contributed by atoms with Gasteiger partial charge in [0.2, 0.25) is 0 Å². The van der Waals surface area contributed by atoms with E-state index >= 15 is 0 Å². The number of hydrogen-bond donors (Lipinski definition) is 1. The molecule has 0 aliphatic rings. The van der Waals surface area contributed by atoms with Gasteiger partial charge < -0.3 is 5.32 Å². The summed E-state index contributed by atoms with van der Waals surface area (Å²) in [6.45, 7) is 7.00. The zero-order valence-corrected chi connectivity index (χ0v) is 9.91. The standard InChI is InChI=1S/C10H21NOS/c1-8(2)7-10(9(3)12)13-6-5-11-4/h8,10-11H,5-7H2,1-4H3. The molecule has 1 unspecified atom stereocenters. The van der Waals surface area contributed by atoms with Gasteiger partial charge in [0.1, 0.15) is 5.78 Å². The molecule has 0 rings (SSSR count). The van der Waals surface area contributed by atoms with Crippen molar-refractivity contribution in [2.45, 2.75) is 32.4 Å². The van der Waals surface area contributed by atoms with Crippen molar-refractivity contribution < 1.29 is 4.79 Å². The maximum atomic E-state index is 11.2. The van der Waals surface area contributed by atoms with E-state index in [1.807, 2.05) is 7.05 Å². The molecule has 0 saturated heterocycles. The number of hydrogen-bond acceptors (Lipinski definition) is 3. The van der Waals surface area contributed by atoms with Gasteiger partial charge in [-0.2, -0.15) is 0 Å². The molecule has 0 amide bonds. The predicted molar refractivity (Wildman–Crippen MR) is 60.3 cm³/mol. The molecule has 0 aromatic heterocycles. The number of carbonyl (C=O) groups excluding carboxylic acids is 1. The highest BCUT2D eigenvalue weighted by Crippen LogP contribution is 2.19. The average Bonchev–Trinajstić information content (AvgIpc) is 2.02. The van der Waals surface area contributed by atoms with Crippen LogP contribution in [0, 0.1) is 5.92 Å². The van der Waals surface area contributed by atoms with Gasteiger partial charge in [0.15, 0.2) is 0 Å². The van der Waals surface area contributed by atoms with E-state index in [1.165, 1.54) is 0 Å². The third kappa shape index (κ3) is 7.08. The van der Waals surface area contributed by atoms with E-state index in [1.54, 1.807) is 18.7 Å². The quantitative estimate of drug-likeness (QED) is 0.641. The number of carbonyl (C=O) groups is 1. The minimum atomic E-state index is 0.202. The number of thioether (sulfide) groups is 1. The van der Waals surface area contributed by atoms with E-state index in [9.17, 15) is 4.79 Å². The van der Waals surface area contributed by atoms with Crippen LogP contribution in [0.3, 0.4) is 0 Å². The first-order chi connectivity index (χ1) is 6.07. The minimum absolute atomic E-state index is 0.202. The van der Waals surface area contributed by atoms with Crippen LogP contribution >= 0.6 is 11.8 Å². The molecule has 1 atom stereocenters. The number of nitrogens with one attached hydrogen (secondary N) is 1. The summed E-state index contributed by atoms with van der Waals surface area (Å²) in [4.78, 5) is 11.2. The van der Waals surface area contributed by atoms with Crippen molar-refractivity contribution in [1.82, 2.24) is 5.32 Å². The zero-order chi connectivity index (χ0) is 10.3. The molecule has 78 valence electrons. The van der Waals surface area contributed by atoms with Crippen molar-refractivity contribution in [2.75, 3.05) is 19.3 Å². The van der Waals surface area contributed by atoms with Crippen LogP contribution in [0.1, 0.15) is 27.2 Å². The first-order valence-corrected chi connectivity index (χ1v) is 5.89. The Morgan fingerprint density at radius 2 is 2.08 bits per heavy atom. The van der Waals surface area contributed by atoms with E-state index in [0.717, 1.165) is 18.7 Å². The summed E-state index contributed by atoms with van der Waals surface area (Å²) in [6.07, 6.45) is 1.00. The van der Waals surface area contributed by atoms with Crippen LogP contribution in [0.15, 0.2) is 0 Å². The molecule has 0 saturated carbocycles. The van der Waals surface area contributed by atoms with Crippen LogP contribution in [-0.4, -0.2) is 30.4 Å². The smallest absolute Gasteiger partial charge is 0.142 e. The highest BCUT2D eigenvalue weighted by molar-refractivity contribution is 8.00. The Hall–Kier alpha value is -0.0200. The molecule has 0 radical (unpaired) electrons. The molecule has 13 heavy (non-hydrogen) atoms. The summed E-state index contributed by atoms with van der Waals surface area (Å²) in [5.41, 5.74) is 0. The molecule has 0 aromatic rings. The molecule has 0 fully saturated rings. The summed E-state index contributed by atoms with van der Waals surface area (Å²) < 4.78 is 0. The van der Waals surface area contributed by atoms with Crippen molar-refractivity contribution in [3.63, 3.8) is 0 Å². The van der Waals surface area contributed by atoms with Crippen molar-refractivity contribution in [1.29, 1.82) is 0 Å². The van der Waals surface area contributed by atoms with Crippen molar-refractivity contribution in [3.8, 4) is 0 Å². The van der Waals surface area contributed by atoms with E-state index in [2.05, 4.69) is 19.2 Å². The molecule has 0 heterocycles. The number of ketones is 1. The van der Waals surface area contributed by atoms with Crippen molar-refractivity contribution in [2.24, 2.45) is 5.92 Å². The summed E-state index contributed by atoms with van der Waals surface area (Å²) in [5.74, 6) is 1.94. The van der Waals surface area contributed by atoms with E-state index in [4.69, 9.17) is 0 Å². The third-order valence-electron chi connectivity index (χ3n) is 1.81. The highest BCUT2D eigenvalue weighted by atomic mass is 32.2. The predicted octanol–water partition coefficient (Wildman–Crippen LogP) is 1.94. The third-order valence-corrected chi connectivity index (χ3v) is 3.18. The van der Waals surface area contributed by atoms with Gasteiger partial charge in [-0.1, -0.05) is 13.8 Å². The van der Waals surface area contributed by atoms with Gasteiger partial charge in [0.05, 0.1) is 5.25 Å². The second-order valence-electron chi connectivity index (χ2n) is 3.70. The lowest BCUT2D eigenvalue weighted by molar-refractivity contribution is -0.116. The number of Topliss-reactive ketones (excluding diaryl/α,β-unsaturated/α-hetero) is 1. The van der Waals surface area contributed by atoms with Gasteiger partial charge in [-0.25, -0.2) is 0 Å². The largest absolute Gasteiger partial charge is 0.319 e. The molecule has 0 aromatic carbocycles. The molecular weight excluding hydrogens is 182 g/mol. The Kier molecular flexibility index (Phi) is 7.38. The maximum Gasteiger partial charge on any atom is 0.142 e. The Bertz CT molecular complexity index is 148. The Balaban J connectivity index is 3.74. The Morgan fingerprint density at radius 3 is 2.46 bits per heavy atom. The second kappa shape index (κ2) is 7.39. The SMILES string of the molecule is CNCCSC(CC(C)C)C(C)=O. The van der Waals surface area contributed by atoms with E-state index in [-0.39, 0.29) is 5.25 Å². The van der Waals surface area contributed by atoms with Crippen LogP contribution in [0.2, 0.25) is 0 Å². The van der Waals surface area contributed by atoms with Crippen LogP contribution in [0.4, 0.5) is 0 Å². The monoisotopic (exact) mass is 203 g/mol. The fraction of sp³-hybridized carbons (Fsp3) is 0.900. The molecule has 0 spiro atoms. The van der Waals surface area contributed by atoms with Gasteiger partial charge >= 0.3 is 0 Å². The van der Waals surface area contributed by atoms with Crippen LogP contribution in [0.5, 0.6) is 0 Å². The van der Waals surface area contributed by atoms with Gasteiger partial charge in [-0.15, -0.1) is 11.8 Å². The maximum absolute atomic E-state index is 11.2. The minimum Gasteiger partial charge on any atom is -0.319 e. The molecule has 2 nitrogen and oxygen atoms in total. The van der Waals surface area contributed by atoms with Crippen molar-refractivity contribution in [3.05, 3.63) is 0 Å². The van der Waals surface area contributed by atoms with Crippen LogP contribution in [0.25, 0.3) is 0 Å². The molecule has 0 aliphatic carbocycles. The lowest BCUT2D eigenvalue weighted by Crippen LogP contribution is -2.19. The molecule has 0 aliphatic heterocycles. The fourth-order valence-electron chi connectivity index (χ4n) is 1.08. The summed E-state index contributed by atoms with van der Waals surface area (Å²) in [7, 11) is 1.94. The lowest BCUT2D eigenvalue weighted by atomic mass is 10.1.